The summed E-state index contributed by atoms with van der Waals surface area (Å²) in [6, 6.07) is 6.68. The molecular formula is C14H15F2NO. The van der Waals surface area contributed by atoms with E-state index in [1.54, 1.807) is 24.3 Å². The van der Waals surface area contributed by atoms with E-state index in [9.17, 15) is 13.9 Å². The topological polar surface area (TPSA) is 33.1 Å². The standard InChI is InChI=1S/C14H15F2NO/c1-2-13(18)12-6-10(8-16)17-14-9(7-15)4-3-5-11(12)14/h3-6,13,18H,2,7-8H2,1H3. The molecule has 0 aliphatic heterocycles. The lowest BCUT2D eigenvalue weighted by Gasteiger charge is -2.14. The summed E-state index contributed by atoms with van der Waals surface area (Å²) in [5, 5.41) is 10.7. The molecule has 2 rings (SSSR count). The molecular weight excluding hydrogens is 236 g/mol. The van der Waals surface area contributed by atoms with Crippen LogP contribution in [-0.4, -0.2) is 10.1 Å². The molecule has 4 heteroatoms. The molecule has 0 spiro atoms. The smallest absolute Gasteiger partial charge is 0.131 e. The van der Waals surface area contributed by atoms with E-state index in [2.05, 4.69) is 4.98 Å². The minimum Gasteiger partial charge on any atom is -0.388 e. The first-order chi connectivity index (χ1) is 8.71. The Hall–Kier alpha value is -1.55. The Kier molecular flexibility index (Phi) is 3.87. The molecule has 0 amide bonds. The van der Waals surface area contributed by atoms with Crippen LogP contribution in [0.1, 0.15) is 36.3 Å². The van der Waals surface area contributed by atoms with Gasteiger partial charge >= 0.3 is 0 Å². The van der Waals surface area contributed by atoms with E-state index in [4.69, 9.17) is 0 Å². The van der Waals surface area contributed by atoms with Gasteiger partial charge in [-0.2, -0.15) is 0 Å². The molecule has 1 atom stereocenters. The molecule has 0 bridgehead atoms. The van der Waals surface area contributed by atoms with Crippen LogP contribution in [0.5, 0.6) is 0 Å². The van der Waals surface area contributed by atoms with E-state index in [0.29, 0.717) is 28.5 Å². The Balaban J connectivity index is 2.75. The van der Waals surface area contributed by atoms with Crippen LogP contribution in [0.4, 0.5) is 8.78 Å². The van der Waals surface area contributed by atoms with Crippen molar-refractivity contribution in [2.24, 2.45) is 0 Å². The van der Waals surface area contributed by atoms with Crippen molar-refractivity contribution in [1.29, 1.82) is 0 Å². The van der Waals surface area contributed by atoms with Gasteiger partial charge in [0.25, 0.3) is 0 Å². The second kappa shape index (κ2) is 5.40. The molecule has 0 fully saturated rings. The van der Waals surface area contributed by atoms with Gasteiger partial charge in [-0.1, -0.05) is 25.1 Å². The summed E-state index contributed by atoms with van der Waals surface area (Å²) >= 11 is 0. The quantitative estimate of drug-likeness (QED) is 0.900. The van der Waals surface area contributed by atoms with E-state index >= 15 is 0 Å². The highest BCUT2D eigenvalue weighted by atomic mass is 19.1. The van der Waals surface area contributed by atoms with Gasteiger partial charge in [0, 0.05) is 10.9 Å². The van der Waals surface area contributed by atoms with Crippen molar-refractivity contribution < 1.29 is 13.9 Å². The zero-order chi connectivity index (χ0) is 13.1. The largest absolute Gasteiger partial charge is 0.388 e. The van der Waals surface area contributed by atoms with Gasteiger partial charge in [0.1, 0.15) is 13.3 Å². The molecule has 1 aromatic heterocycles. The van der Waals surface area contributed by atoms with Crippen LogP contribution in [0.3, 0.4) is 0 Å². The molecule has 1 heterocycles. The number of fused-ring (bicyclic) bond motifs is 1. The predicted molar refractivity (Wildman–Crippen MR) is 66.6 cm³/mol. The van der Waals surface area contributed by atoms with Crippen LogP contribution < -0.4 is 0 Å². The van der Waals surface area contributed by atoms with Crippen LogP contribution >= 0.6 is 0 Å². The van der Waals surface area contributed by atoms with Crippen LogP contribution in [0.15, 0.2) is 24.3 Å². The molecule has 2 aromatic rings. The van der Waals surface area contributed by atoms with Crippen LogP contribution in [-0.2, 0) is 13.3 Å². The number of pyridine rings is 1. The number of para-hydroxylation sites is 1. The lowest BCUT2D eigenvalue weighted by atomic mass is 9.99. The fraction of sp³-hybridized carbons (Fsp3) is 0.357. The van der Waals surface area contributed by atoms with Gasteiger partial charge in [-0.3, -0.25) is 0 Å². The normalized spacial score (nSPS) is 12.9. The summed E-state index contributed by atoms with van der Waals surface area (Å²) < 4.78 is 25.7. The highest BCUT2D eigenvalue weighted by Crippen LogP contribution is 2.28. The van der Waals surface area contributed by atoms with Gasteiger partial charge in [0.15, 0.2) is 0 Å². The summed E-state index contributed by atoms with van der Waals surface area (Å²) in [7, 11) is 0. The number of aliphatic hydroxyl groups is 1. The molecule has 1 unspecified atom stereocenters. The lowest BCUT2D eigenvalue weighted by molar-refractivity contribution is 0.175. The molecule has 1 N–H and O–H groups in total. The third kappa shape index (κ3) is 2.20. The SMILES string of the molecule is CCC(O)c1cc(CF)nc2c(CF)cccc12. The van der Waals surface area contributed by atoms with Gasteiger partial charge in [-0.05, 0) is 18.1 Å². The molecule has 0 radical (unpaired) electrons. The third-order valence-corrected chi connectivity index (χ3v) is 3.03. The van der Waals surface area contributed by atoms with Crippen molar-refractivity contribution in [3.05, 3.63) is 41.1 Å². The van der Waals surface area contributed by atoms with Crippen LogP contribution in [0, 0.1) is 0 Å². The van der Waals surface area contributed by atoms with Crippen molar-refractivity contribution in [1.82, 2.24) is 4.98 Å². The van der Waals surface area contributed by atoms with Gasteiger partial charge < -0.3 is 5.11 Å². The molecule has 0 saturated carbocycles. The Bertz CT molecular complexity index is 557. The number of halogens is 2. The zero-order valence-corrected chi connectivity index (χ0v) is 10.2. The minimum atomic E-state index is -0.722. The fourth-order valence-corrected chi connectivity index (χ4v) is 2.06. The summed E-state index contributed by atoms with van der Waals surface area (Å²) in [5.41, 5.74) is 1.71. The Labute approximate surface area is 104 Å². The number of alkyl halides is 2. The van der Waals surface area contributed by atoms with Gasteiger partial charge in [0.05, 0.1) is 17.3 Å². The third-order valence-electron chi connectivity index (χ3n) is 3.03. The van der Waals surface area contributed by atoms with Crippen molar-refractivity contribution in [3.63, 3.8) is 0 Å². The van der Waals surface area contributed by atoms with Crippen molar-refractivity contribution in [3.8, 4) is 0 Å². The maximum atomic E-state index is 12.9. The first-order valence-corrected chi connectivity index (χ1v) is 5.92. The maximum absolute atomic E-state index is 12.9. The molecule has 0 aliphatic carbocycles. The van der Waals surface area contributed by atoms with E-state index in [1.165, 1.54) is 0 Å². The monoisotopic (exact) mass is 251 g/mol. The van der Waals surface area contributed by atoms with Crippen molar-refractivity contribution in [2.75, 3.05) is 0 Å². The molecule has 0 aliphatic rings. The summed E-state index contributed by atoms with van der Waals surface area (Å²) in [6.07, 6.45) is -0.166. The number of aromatic nitrogens is 1. The molecule has 2 nitrogen and oxygen atoms in total. The second-order valence-corrected chi connectivity index (χ2v) is 4.21. The molecule has 96 valence electrons. The van der Waals surface area contributed by atoms with Crippen LogP contribution in [0.2, 0.25) is 0 Å². The highest BCUT2D eigenvalue weighted by Gasteiger charge is 2.14. The molecule has 0 saturated heterocycles. The first-order valence-electron chi connectivity index (χ1n) is 5.92. The van der Waals surface area contributed by atoms with E-state index in [1.807, 2.05) is 6.92 Å². The van der Waals surface area contributed by atoms with E-state index in [-0.39, 0.29) is 5.69 Å². The zero-order valence-electron chi connectivity index (χ0n) is 10.2. The minimum absolute atomic E-state index is 0.228. The number of rotatable bonds is 4. The average molecular weight is 251 g/mol. The van der Waals surface area contributed by atoms with Crippen molar-refractivity contribution >= 4 is 10.9 Å². The fourth-order valence-electron chi connectivity index (χ4n) is 2.06. The van der Waals surface area contributed by atoms with E-state index < -0.39 is 19.5 Å². The first kappa shape index (κ1) is 12.9. The number of aliphatic hydroxyl groups excluding tert-OH is 1. The number of nitrogens with zero attached hydrogens (tertiary/aromatic N) is 1. The van der Waals surface area contributed by atoms with E-state index in [0.717, 1.165) is 0 Å². The highest BCUT2D eigenvalue weighted by molar-refractivity contribution is 5.85. The predicted octanol–water partition coefficient (Wildman–Crippen LogP) is 3.62. The summed E-state index contributed by atoms with van der Waals surface area (Å²) in [4.78, 5) is 4.12. The van der Waals surface area contributed by atoms with Gasteiger partial charge in [-0.25, -0.2) is 13.8 Å². The van der Waals surface area contributed by atoms with Crippen LogP contribution in [0.25, 0.3) is 10.9 Å². The maximum Gasteiger partial charge on any atom is 0.131 e. The second-order valence-electron chi connectivity index (χ2n) is 4.21. The number of benzene rings is 1. The lowest BCUT2D eigenvalue weighted by Crippen LogP contribution is -2.01. The Morgan fingerprint density at radius 2 is 2.06 bits per heavy atom. The molecule has 1 aromatic carbocycles. The number of hydrogen-bond donors (Lipinski definition) is 1. The van der Waals surface area contributed by atoms with Crippen molar-refractivity contribution in [2.45, 2.75) is 32.8 Å². The summed E-state index contributed by atoms with van der Waals surface area (Å²) in [5.74, 6) is 0. The van der Waals surface area contributed by atoms with Gasteiger partial charge in [0.2, 0.25) is 0 Å². The Morgan fingerprint density at radius 1 is 1.28 bits per heavy atom. The molecule has 18 heavy (non-hydrogen) atoms. The summed E-state index contributed by atoms with van der Waals surface area (Å²) in [6.45, 7) is 0.465. The number of hydrogen-bond acceptors (Lipinski definition) is 2. The average Bonchev–Trinajstić information content (AvgIpc) is 2.44. The van der Waals surface area contributed by atoms with Gasteiger partial charge in [-0.15, -0.1) is 0 Å². The Morgan fingerprint density at radius 3 is 2.67 bits per heavy atom.